The molecule has 0 aliphatic carbocycles. The molecule has 0 spiro atoms. The van der Waals surface area contributed by atoms with Crippen molar-refractivity contribution in [3.05, 3.63) is 52.3 Å². The number of benzene rings is 1. The number of hydrogen-bond acceptors (Lipinski definition) is 4. The van der Waals surface area contributed by atoms with E-state index >= 15 is 0 Å². The Labute approximate surface area is 150 Å². The number of likely N-dealkylation sites (tertiary alicyclic amines) is 1. The molecule has 0 atom stereocenters. The van der Waals surface area contributed by atoms with Crippen molar-refractivity contribution in [3.63, 3.8) is 0 Å². The molecular weight excluding hydrogens is 349 g/mol. The number of carbonyl (C=O) groups is 1. The van der Waals surface area contributed by atoms with Crippen LogP contribution in [0.5, 0.6) is 5.75 Å². The first-order valence-electron chi connectivity index (χ1n) is 7.78. The molecule has 1 aliphatic rings. The van der Waals surface area contributed by atoms with Gasteiger partial charge in [-0.2, -0.15) is 5.10 Å². The van der Waals surface area contributed by atoms with Gasteiger partial charge in [-0.25, -0.2) is 0 Å². The first-order chi connectivity index (χ1) is 11.6. The number of hydrogen-bond donors (Lipinski definition) is 0. The molecular formula is C17H17Cl2N3O2. The number of aromatic nitrogens is 2. The predicted octanol–water partition coefficient (Wildman–Crippen LogP) is 3.40. The van der Waals surface area contributed by atoms with Crippen LogP contribution in [0.3, 0.4) is 0 Å². The van der Waals surface area contributed by atoms with E-state index in [0.717, 1.165) is 18.6 Å². The van der Waals surface area contributed by atoms with Gasteiger partial charge in [0.1, 0.15) is 11.9 Å². The second-order valence-corrected chi connectivity index (χ2v) is 6.50. The van der Waals surface area contributed by atoms with Crippen LogP contribution in [-0.4, -0.2) is 40.2 Å². The number of carbonyl (C=O) groups excluding carboxylic acids is 1. The van der Waals surface area contributed by atoms with Crippen molar-refractivity contribution in [1.82, 2.24) is 15.1 Å². The third-order valence-electron chi connectivity index (χ3n) is 3.91. The van der Waals surface area contributed by atoms with Crippen LogP contribution in [0.25, 0.3) is 0 Å². The van der Waals surface area contributed by atoms with Crippen molar-refractivity contribution in [2.45, 2.75) is 25.4 Å². The number of ether oxygens (including phenoxy) is 1. The van der Waals surface area contributed by atoms with E-state index in [1.54, 1.807) is 18.2 Å². The summed E-state index contributed by atoms with van der Waals surface area (Å²) < 4.78 is 5.94. The quantitative estimate of drug-likeness (QED) is 0.832. The van der Waals surface area contributed by atoms with Crippen LogP contribution >= 0.6 is 23.2 Å². The summed E-state index contributed by atoms with van der Waals surface area (Å²) in [5.41, 5.74) is 0.627. The van der Waals surface area contributed by atoms with Crippen molar-refractivity contribution < 1.29 is 9.53 Å². The summed E-state index contributed by atoms with van der Waals surface area (Å²) in [7, 11) is 0. The van der Waals surface area contributed by atoms with E-state index in [-0.39, 0.29) is 18.4 Å². The topological polar surface area (TPSA) is 55.3 Å². The zero-order valence-corrected chi connectivity index (χ0v) is 14.5. The SMILES string of the molecule is O=C(Cc1ccc(Cl)nn1)N1CCC(Oc2cccc(Cl)c2)CC1. The third kappa shape index (κ3) is 4.58. The number of rotatable bonds is 4. The van der Waals surface area contributed by atoms with Gasteiger partial charge < -0.3 is 9.64 Å². The molecule has 0 bridgehead atoms. The molecule has 0 radical (unpaired) electrons. The van der Waals surface area contributed by atoms with E-state index < -0.39 is 0 Å². The monoisotopic (exact) mass is 365 g/mol. The summed E-state index contributed by atoms with van der Waals surface area (Å²) in [5.74, 6) is 0.816. The molecule has 0 N–H and O–H groups in total. The lowest BCUT2D eigenvalue weighted by Gasteiger charge is -2.32. The maximum absolute atomic E-state index is 12.3. The Hall–Kier alpha value is -1.85. The van der Waals surface area contributed by atoms with Gasteiger partial charge in [0, 0.05) is 31.0 Å². The summed E-state index contributed by atoms with van der Waals surface area (Å²) in [5, 5.41) is 8.66. The minimum absolute atomic E-state index is 0.0489. The zero-order chi connectivity index (χ0) is 16.9. The highest BCUT2D eigenvalue weighted by Crippen LogP contribution is 2.22. The summed E-state index contributed by atoms with van der Waals surface area (Å²) >= 11 is 11.7. The molecule has 1 fully saturated rings. The largest absolute Gasteiger partial charge is 0.490 e. The molecule has 1 saturated heterocycles. The number of piperidine rings is 1. The molecule has 3 rings (SSSR count). The van der Waals surface area contributed by atoms with Gasteiger partial charge in [0.05, 0.1) is 12.1 Å². The van der Waals surface area contributed by atoms with Crippen LogP contribution in [0.1, 0.15) is 18.5 Å². The Morgan fingerprint density at radius 2 is 1.96 bits per heavy atom. The molecule has 1 amide bonds. The van der Waals surface area contributed by atoms with Crippen molar-refractivity contribution in [1.29, 1.82) is 0 Å². The van der Waals surface area contributed by atoms with Crippen molar-refractivity contribution >= 4 is 29.1 Å². The van der Waals surface area contributed by atoms with E-state index in [0.29, 0.717) is 29.0 Å². The number of halogens is 2. The summed E-state index contributed by atoms with van der Waals surface area (Å²) in [6.45, 7) is 1.34. The second kappa shape index (κ2) is 7.81. The van der Waals surface area contributed by atoms with Gasteiger partial charge in [-0.1, -0.05) is 29.3 Å². The third-order valence-corrected chi connectivity index (χ3v) is 4.35. The number of nitrogens with zero attached hydrogens (tertiary/aromatic N) is 3. The van der Waals surface area contributed by atoms with Gasteiger partial charge in [0.2, 0.25) is 5.91 Å². The average molecular weight is 366 g/mol. The van der Waals surface area contributed by atoms with Crippen molar-refractivity contribution in [2.75, 3.05) is 13.1 Å². The lowest BCUT2D eigenvalue weighted by molar-refractivity contribution is -0.132. The Balaban J connectivity index is 1.49. The fourth-order valence-electron chi connectivity index (χ4n) is 2.66. The van der Waals surface area contributed by atoms with Gasteiger partial charge in [-0.15, -0.1) is 5.10 Å². The minimum Gasteiger partial charge on any atom is -0.490 e. The van der Waals surface area contributed by atoms with Crippen LogP contribution in [0, 0.1) is 0 Å². The highest BCUT2D eigenvalue weighted by Gasteiger charge is 2.24. The summed E-state index contributed by atoms with van der Waals surface area (Å²) in [6.07, 6.45) is 1.93. The van der Waals surface area contributed by atoms with Crippen LogP contribution in [0.4, 0.5) is 0 Å². The first-order valence-corrected chi connectivity index (χ1v) is 8.54. The Morgan fingerprint density at radius 1 is 1.17 bits per heavy atom. The molecule has 126 valence electrons. The van der Waals surface area contributed by atoms with Crippen LogP contribution < -0.4 is 4.74 Å². The molecule has 0 unspecified atom stereocenters. The highest BCUT2D eigenvalue weighted by molar-refractivity contribution is 6.30. The normalized spacial score (nSPS) is 15.3. The van der Waals surface area contributed by atoms with E-state index in [1.165, 1.54) is 0 Å². The van der Waals surface area contributed by atoms with Crippen LogP contribution in [0.2, 0.25) is 10.2 Å². The molecule has 2 aromatic rings. The Bertz CT molecular complexity index is 701. The van der Waals surface area contributed by atoms with Crippen molar-refractivity contribution in [3.8, 4) is 5.75 Å². The van der Waals surface area contributed by atoms with Gasteiger partial charge in [0.25, 0.3) is 0 Å². The molecule has 7 heteroatoms. The standard InChI is InChI=1S/C17H17Cl2N3O2/c18-12-2-1-3-15(10-12)24-14-6-8-22(9-7-14)17(23)11-13-4-5-16(19)21-20-13/h1-5,10,14H,6-9,11H2. The Kier molecular flexibility index (Phi) is 5.53. The van der Waals surface area contributed by atoms with E-state index in [1.807, 2.05) is 23.1 Å². The molecule has 5 nitrogen and oxygen atoms in total. The van der Waals surface area contributed by atoms with E-state index in [4.69, 9.17) is 27.9 Å². The van der Waals surface area contributed by atoms with Gasteiger partial charge in [-0.3, -0.25) is 4.79 Å². The zero-order valence-electron chi connectivity index (χ0n) is 13.0. The Morgan fingerprint density at radius 3 is 2.62 bits per heavy atom. The fourth-order valence-corrected chi connectivity index (χ4v) is 2.94. The van der Waals surface area contributed by atoms with Gasteiger partial charge >= 0.3 is 0 Å². The van der Waals surface area contributed by atoms with E-state index in [2.05, 4.69) is 10.2 Å². The maximum atomic E-state index is 12.3. The van der Waals surface area contributed by atoms with E-state index in [9.17, 15) is 4.79 Å². The number of amides is 1. The van der Waals surface area contributed by atoms with Gasteiger partial charge in [-0.05, 0) is 30.3 Å². The van der Waals surface area contributed by atoms with Crippen LogP contribution in [0.15, 0.2) is 36.4 Å². The average Bonchev–Trinajstić information content (AvgIpc) is 2.57. The molecule has 24 heavy (non-hydrogen) atoms. The lowest BCUT2D eigenvalue weighted by atomic mass is 10.1. The van der Waals surface area contributed by atoms with Crippen molar-refractivity contribution in [2.24, 2.45) is 0 Å². The summed E-state index contributed by atoms with van der Waals surface area (Å²) in [6, 6.07) is 10.7. The molecule has 1 aromatic carbocycles. The summed E-state index contributed by atoms with van der Waals surface area (Å²) in [4.78, 5) is 14.2. The molecule has 1 aromatic heterocycles. The fraction of sp³-hybridized carbons (Fsp3) is 0.353. The lowest BCUT2D eigenvalue weighted by Crippen LogP contribution is -2.42. The maximum Gasteiger partial charge on any atom is 0.228 e. The van der Waals surface area contributed by atoms with Crippen LogP contribution in [-0.2, 0) is 11.2 Å². The smallest absolute Gasteiger partial charge is 0.228 e. The highest BCUT2D eigenvalue weighted by atomic mass is 35.5. The molecule has 0 saturated carbocycles. The molecule has 2 heterocycles. The second-order valence-electron chi connectivity index (χ2n) is 5.68. The minimum atomic E-state index is 0.0489. The first kappa shape index (κ1) is 17.0. The molecule has 1 aliphatic heterocycles. The van der Waals surface area contributed by atoms with Gasteiger partial charge in [0.15, 0.2) is 5.15 Å². The predicted molar refractivity (Wildman–Crippen MR) is 92.4 cm³/mol.